The SMILES string of the molecule is CC(=O)SCC(COC1CCC(Br)CC1)C(=O)O. The summed E-state index contributed by atoms with van der Waals surface area (Å²) >= 11 is 4.62. The van der Waals surface area contributed by atoms with Crippen LogP contribution in [0.1, 0.15) is 32.6 Å². The summed E-state index contributed by atoms with van der Waals surface area (Å²) < 4.78 is 5.66. The lowest BCUT2D eigenvalue weighted by molar-refractivity contribution is -0.143. The molecule has 0 aromatic heterocycles. The van der Waals surface area contributed by atoms with E-state index in [2.05, 4.69) is 15.9 Å². The van der Waals surface area contributed by atoms with Crippen LogP contribution in [0.5, 0.6) is 0 Å². The minimum absolute atomic E-state index is 0.0546. The maximum absolute atomic E-state index is 11.0. The fourth-order valence-corrected chi connectivity index (χ4v) is 3.05. The predicted molar refractivity (Wildman–Crippen MR) is 75.2 cm³/mol. The molecule has 1 unspecified atom stereocenters. The molecule has 1 rings (SSSR count). The molecule has 0 aliphatic heterocycles. The Labute approximate surface area is 120 Å². The molecule has 4 nitrogen and oxygen atoms in total. The van der Waals surface area contributed by atoms with E-state index < -0.39 is 11.9 Å². The van der Waals surface area contributed by atoms with Crippen molar-refractivity contribution < 1.29 is 19.4 Å². The van der Waals surface area contributed by atoms with Gasteiger partial charge in [-0.15, -0.1) is 0 Å². The molecule has 0 spiro atoms. The Kier molecular flexibility index (Phi) is 7.26. The largest absolute Gasteiger partial charge is 0.481 e. The first kappa shape index (κ1) is 16.0. The summed E-state index contributed by atoms with van der Waals surface area (Å²) in [5, 5.41) is 8.99. The van der Waals surface area contributed by atoms with Gasteiger partial charge in [0.05, 0.1) is 18.6 Å². The Morgan fingerprint density at radius 1 is 1.39 bits per heavy atom. The maximum Gasteiger partial charge on any atom is 0.309 e. The van der Waals surface area contributed by atoms with E-state index in [4.69, 9.17) is 9.84 Å². The van der Waals surface area contributed by atoms with Crippen molar-refractivity contribution in [2.75, 3.05) is 12.4 Å². The van der Waals surface area contributed by atoms with Crippen molar-refractivity contribution >= 4 is 38.8 Å². The second-order valence-corrected chi connectivity index (χ2v) is 7.04. The predicted octanol–water partition coefficient (Wildman–Crippen LogP) is 2.69. The normalized spacial score (nSPS) is 25.7. The Balaban J connectivity index is 2.28. The average molecular weight is 339 g/mol. The van der Waals surface area contributed by atoms with Crippen LogP contribution in [0.25, 0.3) is 0 Å². The molecule has 1 aliphatic rings. The number of ether oxygens (including phenoxy) is 1. The average Bonchev–Trinajstić information content (AvgIpc) is 2.30. The highest BCUT2D eigenvalue weighted by Gasteiger charge is 2.24. The highest BCUT2D eigenvalue weighted by Crippen LogP contribution is 2.26. The zero-order valence-electron chi connectivity index (χ0n) is 10.4. The van der Waals surface area contributed by atoms with E-state index in [1.54, 1.807) is 0 Å². The molecular weight excluding hydrogens is 320 g/mol. The summed E-state index contributed by atoms with van der Waals surface area (Å²) in [6.07, 6.45) is 4.27. The maximum atomic E-state index is 11.0. The van der Waals surface area contributed by atoms with Crippen LogP contribution in [0.4, 0.5) is 0 Å². The van der Waals surface area contributed by atoms with Crippen LogP contribution < -0.4 is 0 Å². The lowest BCUT2D eigenvalue weighted by Crippen LogP contribution is -2.28. The summed E-state index contributed by atoms with van der Waals surface area (Å²) in [6, 6.07) is 0. The van der Waals surface area contributed by atoms with Gasteiger partial charge in [0.1, 0.15) is 0 Å². The van der Waals surface area contributed by atoms with Gasteiger partial charge in [-0.25, -0.2) is 0 Å². The third kappa shape index (κ3) is 6.20. The second-order valence-electron chi connectivity index (χ2n) is 4.55. The van der Waals surface area contributed by atoms with Crippen molar-refractivity contribution in [2.45, 2.75) is 43.5 Å². The Morgan fingerprint density at radius 3 is 2.50 bits per heavy atom. The summed E-state index contributed by atoms with van der Waals surface area (Å²) in [5.41, 5.74) is 0. The number of carbonyl (C=O) groups excluding carboxylic acids is 1. The summed E-state index contributed by atoms with van der Waals surface area (Å²) in [7, 11) is 0. The van der Waals surface area contributed by atoms with Crippen molar-refractivity contribution in [1.82, 2.24) is 0 Å². The molecule has 0 aromatic carbocycles. The zero-order valence-corrected chi connectivity index (χ0v) is 12.8. The number of carboxylic acid groups (broad SMARTS) is 1. The van der Waals surface area contributed by atoms with Crippen LogP contribution in [0, 0.1) is 5.92 Å². The highest BCUT2D eigenvalue weighted by atomic mass is 79.9. The van der Waals surface area contributed by atoms with Crippen molar-refractivity contribution in [3.63, 3.8) is 0 Å². The number of hydrogen-bond donors (Lipinski definition) is 1. The summed E-state index contributed by atoms with van der Waals surface area (Å²) in [4.78, 5) is 22.4. The molecule has 0 heterocycles. The fraction of sp³-hybridized carbons (Fsp3) is 0.833. The van der Waals surface area contributed by atoms with Crippen LogP contribution in [0.3, 0.4) is 0 Å². The Bertz CT molecular complexity index is 290. The quantitative estimate of drug-likeness (QED) is 0.754. The lowest BCUT2D eigenvalue weighted by atomic mass is 9.97. The van der Waals surface area contributed by atoms with Gasteiger partial charge in [0.15, 0.2) is 5.12 Å². The third-order valence-corrected chi connectivity index (χ3v) is 4.87. The molecule has 0 aromatic rings. The topological polar surface area (TPSA) is 63.6 Å². The molecule has 0 bridgehead atoms. The van der Waals surface area contributed by atoms with Crippen molar-refractivity contribution in [1.29, 1.82) is 0 Å². The monoisotopic (exact) mass is 338 g/mol. The van der Waals surface area contributed by atoms with E-state index in [-0.39, 0.29) is 17.8 Å². The van der Waals surface area contributed by atoms with Gasteiger partial charge in [-0.1, -0.05) is 27.7 Å². The first-order valence-electron chi connectivity index (χ1n) is 6.11. The van der Waals surface area contributed by atoms with Crippen LogP contribution in [0.15, 0.2) is 0 Å². The van der Waals surface area contributed by atoms with Gasteiger partial charge in [-0.3, -0.25) is 9.59 Å². The standard InChI is InChI=1S/C12H19BrO4S/c1-8(14)18-7-9(12(15)16)6-17-11-4-2-10(13)3-5-11/h9-11H,2-7H2,1H3,(H,15,16). The number of halogens is 1. The van der Waals surface area contributed by atoms with E-state index in [0.29, 0.717) is 10.6 Å². The number of hydrogen-bond acceptors (Lipinski definition) is 4. The minimum atomic E-state index is -0.891. The molecule has 1 fully saturated rings. The minimum Gasteiger partial charge on any atom is -0.481 e. The van der Waals surface area contributed by atoms with Gasteiger partial charge in [-0.2, -0.15) is 0 Å². The van der Waals surface area contributed by atoms with E-state index in [1.165, 1.54) is 6.92 Å². The van der Waals surface area contributed by atoms with Gasteiger partial charge >= 0.3 is 5.97 Å². The molecule has 0 amide bonds. The number of aliphatic carboxylic acids is 1. The van der Waals surface area contributed by atoms with Crippen LogP contribution in [-0.2, 0) is 14.3 Å². The molecule has 1 saturated carbocycles. The van der Waals surface area contributed by atoms with Gasteiger partial charge in [0.2, 0.25) is 0 Å². The van der Waals surface area contributed by atoms with Gasteiger partial charge < -0.3 is 9.84 Å². The zero-order chi connectivity index (χ0) is 13.5. The molecule has 104 valence electrons. The van der Waals surface area contributed by atoms with E-state index >= 15 is 0 Å². The molecule has 1 atom stereocenters. The number of rotatable bonds is 6. The number of carboxylic acids is 1. The van der Waals surface area contributed by atoms with E-state index in [0.717, 1.165) is 37.4 Å². The van der Waals surface area contributed by atoms with Gasteiger partial charge in [0, 0.05) is 17.5 Å². The lowest BCUT2D eigenvalue weighted by Gasteiger charge is -2.26. The van der Waals surface area contributed by atoms with Crippen molar-refractivity contribution in [2.24, 2.45) is 5.92 Å². The van der Waals surface area contributed by atoms with Crippen molar-refractivity contribution in [3.05, 3.63) is 0 Å². The smallest absolute Gasteiger partial charge is 0.309 e. The Morgan fingerprint density at radius 2 is 2.00 bits per heavy atom. The van der Waals surface area contributed by atoms with E-state index in [1.807, 2.05) is 0 Å². The van der Waals surface area contributed by atoms with Crippen molar-refractivity contribution in [3.8, 4) is 0 Å². The molecule has 6 heteroatoms. The van der Waals surface area contributed by atoms with Gasteiger partial charge in [-0.05, 0) is 25.7 Å². The summed E-state index contributed by atoms with van der Waals surface area (Å²) in [5.74, 6) is -1.20. The molecule has 0 saturated heterocycles. The molecular formula is C12H19BrO4S. The first-order chi connectivity index (χ1) is 8.49. The number of alkyl halides is 1. The van der Waals surface area contributed by atoms with Gasteiger partial charge in [0.25, 0.3) is 0 Å². The second kappa shape index (κ2) is 8.17. The highest BCUT2D eigenvalue weighted by molar-refractivity contribution is 9.09. The van der Waals surface area contributed by atoms with Crippen LogP contribution >= 0.6 is 27.7 Å². The number of thioether (sulfide) groups is 1. The first-order valence-corrected chi connectivity index (χ1v) is 8.01. The Hall–Kier alpha value is -0.0700. The molecule has 18 heavy (non-hydrogen) atoms. The molecule has 1 aliphatic carbocycles. The van der Waals surface area contributed by atoms with Crippen LogP contribution in [0.2, 0.25) is 0 Å². The molecule has 0 radical (unpaired) electrons. The number of carbonyl (C=O) groups is 2. The van der Waals surface area contributed by atoms with Crippen LogP contribution in [-0.4, -0.2) is 39.5 Å². The van der Waals surface area contributed by atoms with E-state index in [9.17, 15) is 9.59 Å². The molecule has 1 N–H and O–H groups in total. The fourth-order valence-electron chi connectivity index (χ4n) is 1.85. The third-order valence-electron chi connectivity index (χ3n) is 2.97. The summed E-state index contributed by atoms with van der Waals surface area (Å²) in [6.45, 7) is 1.65.